The van der Waals surface area contributed by atoms with Gasteiger partial charge in [-0.2, -0.15) is 6.07 Å². The van der Waals surface area contributed by atoms with E-state index in [1.807, 2.05) is 84.5 Å². The molecule has 422 valence electrons. The maximum Gasteiger partial charge on any atom is 0.135 e. The molecular formula is C80H64N5Pt-3. The molecule has 2 aliphatic heterocycles. The largest absolute Gasteiger partial charge is 0.493 e. The van der Waals surface area contributed by atoms with Gasteiger partial charge in [-0.25, -0.2) is 4.98 Å². The molecule has 0 fully saturated rings. The van der Waals surface area contributed by atoms with Gasteiger partial charge in [0.1, 0.15) is 5.82 Å². The molecule has 0 saturated carbocycles. The fourth-order valence-electron chi connectivity index (χ4n) is 11.6. The molecule has 3 heterocycles. The smallest absolute Gasteiger partial charge is 0.135 e. The van der Waals surface area contributed by atoms with Crippen molar-refractivity contribution < 1.29 is 34.8 Å². The Labute approximate surface area is 535 Å². The van der Waals surface area contributed by atoms with E-state index in [0.29, 0.717) is 28.4 Å². The van der Waals surface area contributed by atoms with Crippen LogP contribution in [0.25, 0.3) is 66.8 Å². The second kappa shape index (κ2) is 22.8. The van der Waals surface area contributed by atoms with E-state index in [1.165, 1.54) is 5.56 Å². The molecule has 0 amide bonds. The topological polar surface area (TPSA) is 25.9 Å². The first-order chi connectivity index (χ1) is 45.6. The van der Waals surface area contributed by atoms with Gasteiger partial charge in [-0.05, 0) is 104 Å². The number of fused-ring (bicyclic) bond motifs is 6. The van der Waals surface area contributed by atoms with Crippen molar-refractivity contribution in [2.45, 2.75) is 52.4 Å². The Bertz CT molecular complexity index is 4910. The van der Waals surface area contributed by atoms with E-state index >= 15 is 0 Å². The summed E-state index contributed by atoms with van der Waals surface area (Å²) in [7, 11) is 0. The Hall–Kier alpha value is -9.54. The quantitative estimate of drug-likeness (QED) is 0.127. The number of rotatable bonds is 10. The third-order valence-electron chi connectivity index (χ3n) is 16.0. The summed E-state index contributed by atoms with van der Waals surface area (Å²) in [6.07, 6.45) is 1.89. The molecule has 0 atom stereocenters. The first kappa shape index (κ1) is 44.9. The minimum absolute atomic E-state index is 0. The van der Waals surface area contributed by atoms with Gasteiger partial charge in [0.25, 0.3) is 0 Å². The molecule has 0 bridgehead atoms. The third-order valence-corrected chi connectivity index (χ3v) is 16.0. The average molecular weight is 1300 g/mol. The van der Waals surface area contributed by atoms with E-state index in [-0.39, 0.29) is 59.8 Å². The number of hydrogen-bond donors (Lipinski definition) is 0. The number of benzene rings is 11. The van der Waals surface area contributed by atoms with Crippen LogP contribution in [0.4, 0.5) is 57.0 Å². The Balaban J connectivity index is 0.00000833. The van der Waals surface area contributed by atoms with Crippen molar-refractivity contribution in [3.63, 3.8) is 0 Å². The number of aromatic nitrogens is 1. The van der Waals surface area contributed by atoms with Crippen LogP contribution in [0.15, 0.2) is 273 Å². The van der Waals surface area contributed by atoms with Crippen molar-refractivity contribution in [1.29, 1.82) is 0 Å². The molecule has 0 N–H and O–H groups in total. The Morgan fingerprint density at radius 3 is 1.64 bits per heavy atom. The molecule has 0 saturated heterocycles. The summed E-state index contributed by atoms with van der Waals surface area (Å²) in [4.78, 5) is 13.4. The molecule has 0 radical (unpaired) electrons. The van der Waals surface area contributed by atoms with Crippen LogP contribution >= 0.6 is 0 Å². The van der Waals surface area contributed by atoms with Crippen molar-refractivity contribution in [3.8, 4) is 66.8 Å². The van der Waals surface area contributed by atoms with Crippen molar-refractivity contribution in [2.24, 2.45) is 0 Å². The molecule has 2 aliphatic rings. The van der Waals surface area contributed by atoms with Gasteiger partial charge in [0.15, 0.2) is 0 Å². The molecule has 14 rings (SSSR count). The van der Waals surface area contributed by atoms with Gasteiger partial charge < -0.3 is 19.6 Å². The number of para-hydroxylation sites is 4. The van der Waals surface area contributed by atoms with Gasteiger partial charge in [-0.15, -0.1) is 53.8 Å². The van der Waals surface area contributed by atoms with Gasteiger partial charge >= 0.3 is 0 Å². The molecular weight excluding hydrogens is 1230 g/mol. The third kappa shape index (κ3) is 10.4. The molecule has 11 aromatic carbocycles. The average Bonchev–Trinajstić information content (AvgIpc) is 1.42. The fraction of sp³-hybridized carbons (Fsp3) is 0.100. The minimum atomic E-state index is -0.572. The van der Waals surface area contributed by atoms with Crippen LogP contribution < -0.4 is 19.6 Å². The summed E-state index contributed by atoms with van der Waals surface area (Å²) < 4.78 is 89.6. The number of pyridine rings is 1. The Morgan fingerprint density at radius 2 is 0.988 bits per heavy atom. The Kier molecular flexibility index (Phi) is 11.9. The molecule has 86 heavy (non-hydrogen) atoms. The first-order valence-electron chi connectivity index (χ1n) is 33.5. The summed E-state index contributed by atoms with van der Waals surface area (Å²) >= 11 is 0. The number of hydrogen-bond acceptors (Lipinski definition) is 5. The molecule has 6 heteroatoms. The van der Waals surface area contributed by atoms with Crippen LogP contribution in [-0.2, 0) is 31.9 Å². The summed E-state index contributed by atoms with van der Waals surface area (Å²) in [5.74, 6) is 0.727. The summed E-state index contributed by atoms with van der Waals surface area (Å²) in [6.45, 7) is 15.1. The van der Waals surface area contributed by atoms with Crippen molar-refractivity contribution >= 4 is 57.0 Å². The zero-order valence-corrected chi connectivity index (χ0v) is 50.6. The van der Waals surface area contributed by atoms with Gasteiger partial charge in [0.05, 0.1) is 19.4 Å². The van der Waals surface area contributed by atoms with Gasteiger partial charge in [0, 0.05) is 66.7 Å². The monoisotopic (exact) mass is 1300 g/mol. The molecule has 0 aliphatic carbocycles. The predicted octanol–water partition coefficient (Wildman–Crippen LogP) is 21.9. The SMILES string of the molecule is [2H]c1c([2H])c([2H])c(-c2cccc(-c3c([2H])c([2H])c([2H])c([2H])c3[2H])c2N2[CH-]N(c3[c-]c(N(c4[c-]c5c(cc4)-c4ccccc4-c4cc(-c6ccc(C(C)(C)C)cc6)ccc4N5c4cc(C(C)(C)C)ccn4)c4ccccc4)cc(-c4ccccc4)c3)c3ccccc32)c([2H])c1[2H].[Pt]. The van der Waals surface area contributed by atoms with E-state index in [4.69, 9.17) is 13.2 Å². The van der Waals surface area contributed by atoms with Crippen molar-refractivity contribution in [2.75, 3.05) is 19.6 Å². The summed E-state index contributed by atoms with van der Waals surface area (Å²) in [6, 6.07) is 72.2. The van der Waals surface area contributed by atoms with Crippen molar-refractivity contribution in [3.05, 3.63) is 303 Å². The molecule has 0 spiro atoms. The van der Waals surface area contributed by atoms with E-state index in [0.717, 1.165) is 73.0 Å². The first-order valence-corrected chi connectivity index (χ1v) is 28.5. The summed E-state index contributed by atoms with van der Waals surface area (Å²) in [5.41, 5.74) is 16.2. The maximum atomic E-state index is 9.31. The van der Waals surface area contributed by atoms with Crippen LogP contribution in [-0.4, -0.2) is 4.98 Å². The number of nitrogens with zero attached hydrogens (tertiary/aromatic N) is 5. The van der Waals surface area contributed by atoms with Gasteiger partial charge in [-0.3, -0.25) is 0 Å². The number of anilines is 10. The minimum Gasteiger partial charge on any atom is -0.493 e. The normalized spacial score (nSPS) is 14.2. The Morgan fingerprint density at radius 1 is 0.419 bits per heavy atom. The van der Waals surface area contributed by atoms with E-state index < -0.39 is 60.4 Å². The van der Waals surface area contributed by atoms with Gasteiger partial charge in [-0.1, -0.05) is 258 Å². The maximum absolute atomic E-state index is 9.31. The zero-order valence-electron chi connectivity index (χ0n) is 58.3. The van der Waals surface area contributed by atoms with Crippen LogP contribution in [0, 0.1) is 18.8 Å². The molecule has 12 aromatic rings. The standard InChI is InChI=1S/C80H64N5.Pt/c1-79(2,3)61-41-38-56(39-42-61)59-40-45-73-72(50-59)70-33-20-19-32-69(70)71-44-43-64(53-76(71)85(73)77-51-62(46-47-81-77)80(4,5)6)84(63-30-17-10-18-31-63)66-49-60(55-24-11-7-12-25-55)48-65(52-66)82-54-83(75-37-22-21-36-74(75)82)78-67(57-26-13-8-14-27-57)34-23-35-68(78)58-28-15-9-16-29-58;/h7-51,54H,1-6H3;/q-3;/i8D,9D,13D,14D,15D,16D,26D,27D,28D,29D;. The van der Waals surface area contributed by atoms with E-state index in [2.05, 4.69) is 185 Å². The van der Waals surface area contributed by atoms with Crippen molar-refractivity contribution in [1.82, 2.24) is 4.98 Å². The zero-order chi connectivity index (χ0) is 66.5. The second-order valence-electron chi connectivity index (χ2n) is 23.4. The van der Waals surface area contributed by atoms with Gasteiger partial charge in [0.2, 0.25) is 0 Å². The molecule has 1 aromatic heterocycles. The van der Waals surface area contributed by atoms with Crippen LogP contribution in [0.2, 0.25) is 0 Å². The van der Waals surface area contributed by atoms with E-state index in [9.17, 15) is 5.48 Å². The summed E-state index contributed by atoms with van der Waals surface area (Å²) in [5, 5.41) is 0. The van der Waals surface area contributed by atoms with E-state index in [1.54, 1.807) is 23.1 Å². The van der Waals surface area contributed by atoms with Crippen LogP contribution in [0.3, 0.4) is 0 Å². The predicted molar refractivity (Wildman–Crippen MR) is 356 cm³/mol. The molecule has 0 unspecified atom stereocenters. The van der Waals surface area contributed by atoms with Crippen LogP contribution in [0.1, 0.15) is 66.4 Å². The molecule has 5 nitrogen and oxygen atoms in total. The fourth-order valence-corrected chi connectivity index (χ4v) is 11.6. The van der Waals surface area contributed by atoms with Crippen LogP contribution in [0.5, 0.6) is 0 Å². The second-order valence-corrected chi connectivity index (χ2v) is 23.4.